The van der Waals surface area contributed by atoms with Gasteiger partial charge in [-0.15, -0.1) is 8.78 Å². The van der Waals surface area contributed by atoms with Crippen molar-refractivity contribution >= 4 is 11.7 Å². The second-order valence-corrected chi connectivity index (χ2v) is 4.47. The maximum atomic E-state index is 12.8. The summed E-state index contributed by atoms with van der Waals surface area (Å²) in [5.41, 5.74) is -8.20. The summed E-state index contributed by atoms with van der Waals surface area (Å²) in [6, 6.07) is 0. The van der Waals surface area contributed by atoms with Crippen LogP contribution in [0.25, 0.3) is 0 Å². The Morgan fingerprint density at radius 2 is 0.739 bits per heavy atom. The minimum atomic E-state index is -8.29. The highest BCUT2D eigenvalue weighted by molar-refractivity contribution is 7.88. The van der Waals surface area contributed by atoms with Crippen LogP contribution in [0.5, 0.6) is 0 Å². The zero-order chi connectivity index (χ0) is 18.6. The summed E-state index contributed by atoms with van der Waals surface area (Å²) in [5.74, 6) is -16.3. The van der Waals surface area contributed by atoms with Crippen LogP contribution in [0.3, 0.4) is 0 Å². The highest BCUT2D eigenvalue weighted by atomic mass is 35.5. The van der Waals surface area contributed by atoms with Gasteiger partial charge in [-0.25, -0.2) is 4.39 Å². The first-order valence-electron chi connectivity index (χ1n) is 4.22. The van der Waals surface area contributed by atoms with E-state index >= 15 is 0 Å². The third-order valence-corrected chi connectivity index (χ3v) is 2.81. The van der Waals surface area contributed by atoms with E-state index in [0.29, 0.717) is 0 Å². The number of alkyl halides is 13. The van der Waals surface area contributed by atoms with Crippen LogP contribution in [-0.2, 0) is 11.7 Å². The van der Waals surface area contributed by atoms with Gasteiger partial charge in [-0.2, -0.15) is 43.9 Å². The van der Waals surface area contributed by atoms with E-state index in [1.54, 1.807) is 0 Å². The van der Waals surface area contributed by atoms with Crippen molar-refractivity contribution in [2.45, 2.75) is 35.1 Å². The molecule has 0 aliphatic carbocycles. The van der Waals surface area contributed by atoms with Crippen molar-refractivity contribution in [3.05, 3.63) is 0 Å². The van der Waals surface area contributed by atoms with E-state index < -0.39 is 46.8 Å². The second kappa shape index (κ2) is 6.15. The van der Waals surface area contributed by atoms with E-state index in [-0.39, 0.29) is 12.4 Å². The molecule has 0 heterocycles. The lowest BCUT2D eigenvalue weighted by Gasteiger charge is -2.39. The molecule has 0 aliphatic heterocycles. The Kier molecular flexibility index (Phi) is 6.64. The largest absolute Gasteiger partial charge is 1.00 e. The molecule has 0 N–H and O–H groups in total. The summed E-state index contributed by atoms with van der Waals surface area (Å²) >= 11 is -6.09. The van der Waals surface area contributed by atoms with Gasteiger partial charge in [0.15, 0.2) is 0 Å². The fraction of sp³-hybridized carbons (Fsp3) is 1.00. The van der Waals surface area contributed by atoms with Crippen LogP contribution < -0.4 is 12.4 Å². The van der Waals surface area contributed by atoms with Crippen molar-refractivity contribution < 1.29 is 77.3 Å². The molecule has 0 bridgehead atoms. The maximum Gasteiger partial charge on any atom is 0.559 e. The van der Waals surface area contributed by atoms with E-state index in [0.717, 1.165) is 0 Å². The van der Waals surface area contributed by atoms with E-state index in [1.807, 2.05) is 0 Å². The summed E-state index contributed by atoms with van der Waals surface area (Å²) in [5, 5.41) is -7.36. The maximum absolute atomic E-state index is 12.8. The average Bonchev–Trinajstić information content (AvgIpc) is 2.23. The number of rotatable bonds is 4. The summed E-state index contributed by atoms with van der Waals surface area (Å²) in [4.78, 5) is 0. The molecule has 142 valence electrons. The number of hydrogen-bond acceptors (Lipinski definition) is 0. The first-order chi connectivity index (χ1) is 9.19. The van der Waals surface area contributed by atoms with Crippen LogP contribution in [0.4, 0.5) is 64.8 Å². The first-order valence-corrected chi connectivity index (χ1v) is 5.24. The van der Waals surface area contributed by atoms with Gasteiger partial charge in [0.1, 0.15) is 0 Å². The molecule has 17 heteroatoms. The van der Waals surface area contributed by atoms with E-state index in [1.165, 1.54) is 0 Å². The van der Waals surface area contributed by atoms with Gasteiger partial charge in [-0.3, -0.25) is 0 Å². The molecular weight excluding hydrogens is 425 g/mol. The predicted molar refractivity (Wildman–Crippen MR) is 40.4 cm³/mol. The van der Waals surface area contributed by atoms with Crippen molar-refractivity contribution in [3.8, 4) is 0 Å². The molecule has 0 amide bonds. The predicted octanol–water partition coefficient (Wildman–Crippen LogP) is 2.07. The fourth-order valence-electron chi connectivity index (χ4n) is 1.01. The third-order valence-electron chi connectivity index (χ3n) is 2.17. The SMILES string of the molecule is F[S+](F)C(F)(F)C(F)(F)C(F)(F)C(F)(C(F)(F)F)C(F)(F)F.[Cl-]. The van der Waals surface area contributed by atoms with E-state index in [4.69, 9.17) is 0 Å². The minimum absolute atomic E-state index is 0. The van der Waals surface area contributed by atoms with Crippen LogP contribution in [0, 0.1) is 0 Å². The third kappa shape index (κ3) is 3.24. The number of halogens is 16. The van der Waals surface area contributed by atoms with Crippen LogP contribution in [0.1, 0.15) is 0 Å². The fourth-order valence-corrected chi connectivity index (χ4v) is 1.33. The summed E-state index contributed by atoms with van der Waals surface area (Å²) < 4.78 is 182. The van der Waals surface area contributed by atoms with Gasteiger partial charge < -0.3 is 12.4 Å². The molecule has 0 spiro atoms. The smallest absolute Gasteiger partial charge is 0.559 e. The lowest BCUT2D eigenvalue weighted by Crippen LogP contribution is -3.00. The molecule has 0 aromatic rings. The Morgan fingerprint density at radius 3 is 0.913 bits per heavy atom. The molecule has 0 atom stereocenters. The average molecular weight is 425 g/mol. The molecule has 23 heavy (non-hydrogen) atoms. The van der Waals surface area contributed by atoms with E-state index in [2.05, 4.69) is 0 Å². The minimum Gasteiger partial charge on any atom is -1.00 e. The Labute approximate surface area is 125 Å². The second-order valence-electron chi connectivity index (χ2n) is 3.53. The standard InChI is InChI=1S/C6F15S.ClH/c7-1(4(12,13)14,5(15,16)17)2(8,9)3(10,11)6(18,19)22(20)21;/h;1H/q+1;/p-1. The topological polar surface area (TPSA) is 0 Å². The Morgan fingerprint density at radius 1 is 0.478 bits per heavy atom. The van der Waals surface area contributed by atoms with Crippen molar-refractivity contribution in [2.24, 2.45) is 0 Å². The molecule has 0 rings (SSSR count). The zero-order valence-corrected chi connectivity index (χ0v) is 11.0. The van der Waals surface area contributed by atoms with Crippen molar-refractivity contribution in [2.75, 3.05) is 0 Å². The van der Waals surface area contributed by atoms with Gasteiger partial charge in [0.2, 0.25) is 0 Å². The summed E-state index contributed by atoms with van der Waals surface area (Å²) in [6.45, 7) is 0. The van der Waals surface area contributed by atoms with Gasteiger partial charge in [-0.05, 0) is 0 Å². The van der Waals surface area contributed by atoms with Crippen LogP contribution >= 0.6 is 0 Å². The molecule has 0 radical (unpaired) electrons. The molecule has 0 saturated heterocycles. The van der Waals surface area contributed by atoms with Crippen LogP contribution in [0.15, 0.2) is 0 Å². The van der Waals surface area contributed by atoms with Gasteiger partial charge in [-0.1, -0.05) is 0 Å². The van der Waals surface area contributed by atoms with Crippen LogP contribution in [0.2, 0.25) is 0 Å². The van der Waals surface area contributed by atoms with E-state index in [9.17, 15) is 64.8 Å². The Hall–Kier alpha value is -0.410. The van der Waals surface area contributed by atoms with Gasteiger partial charge in [0, 0.05) is 0 Å². The molecule has 0 aromatic heterocycles. The first kappa shape index (κ1) is 24.8. The van der Waals surface area contributed by atoms with Crippen LogP contribution in [-0.4, -0.2) is 35.1 Å². The van der Waals surface area contributed by atoms with Gasteiger partial charge in [0.05, 0.1) is 7.77 Å². The number of hydrogen-bond donors (Lipinski definition) is 0. The molecule has 0 aliphatic rings. The van der Waals surface area contributed by atoms with Crippen molar-refractivity contribution in [1.29, 1.82) is 0 Å². The molecule has 0 saturated carbocycles. The van der Waals surface area contributed by atoms with Crippen molar-refractivity contribution in [1.82, 2.24) is 0 Å². The quantitative estimate of drug-likeness (QED) is 0.479. The Balaban J connectivity index is 0. The molecular formula is C6ClF15S. The lowest BCUT2D eigenvalue weighted by atomic mass is 9.90. The molecule has 0 aromatic carbocycles. The summed E-state index contributed by atoms with van der Waals surface area (Å²) in [7, 11) is 0. The monoisotopic (exact) mass is 424 g/mol. The normalized spacial score (nSPS) is 15.7. The summed E-state index contributed by atoms with van der Waals surface area (Å²) in [6.07, 6.45) is -15.7. The zero-order valence-electron chi connectivity index (χ0n) is 9.46. The van der Waals surface area contributed by atoms with Gasteiger partial charge in [0.25, 0.3) is 0 Å². The highest BCUT2D eigenvalue weighted by Gasteiger charge is 2.97. The molecule has 0 unspecified atom stereocenters. The molecule has 0 fully saturated rings. The lowest BCUT2D eigenvalue weighted by molar-refractivity contribution is -0.438. The highest BCUT2D eigenvalue weighted by Crippen LogP contribution is 2.62. The molecule has 0 nitrogen and oxygen atoms in total. The van der Waals surface area contributed by atoms with Crippen molar-refractivity contribution in [3.63, 3.8) is 0 Å². The Bertz CT molecular complexity index is 393. The van der Waals surface area contributed by atoms with Gasteiger partial charge >= 0.3 is 46.8 Å².